The van der Waals surface area contributed by atoms with Crippen LogP contribution in [0.2, 0.25) is 0 Å². The van der Waals surface area contributed by atoms with E-state index in [2.05, 4.69) is 38.5 Å². The van der Waals surface area contributed by atoms with E-state index < -0.39 is 0 Å². The summed E-state index contributed by atoms with van der Waals surface area (Å²) < 4.78 is 2.63. The Hall–Kier alpha value is -1.81. The second kappa shape index (κ2) is 8.92. The molecule has 0 unspecified atom stereocenters. The lowest BCUT2D eigenvalue weighted by Crippen LogP contribution is -2.49. The first-order valence-electron chi connectivity index (χ1n) is 9.02. The molecule has 1 aliphatic rings. The molecule has 0 atom stereocenters. The van der Waals surface area contributed by atoms with Crippen LogP contribution < -0.4 is 10.6 Å². The predicted molar refractivity (Wildman–Crippen MR) is 113 cm³/mol. The maximum atomic E-state index is 12.4. The number of nitrogens with one attached hydrogen (secondary N) is 2. The van der Waals surface area contributed by atoms with Crippen molar-refractivity contribution in [2.75, 3.05) is 50.4 Å². The van der Waals surface area contributed by atoms with Crippen molar-refractivity contribution in [3.8, 4) is 0 Å². The Morgan fingerprint density at radius 2 is 1.93 bits per heavy atom. The first-order valence-corrected chi connectivity index (χ1v) is 10.2. The lowest BCUT2D eigenvalue weighted by molar-refractivity contribution is -0.117. The Balaban J connectivity index is 1.47. The van der Waals surface area contributed by atoms with Gasteiger partial charge in [0.15, 0.2) is 3.95 Å². The minimum absolute atomic E-state index is 0.0394. The van der Waals surface area contributed by atoms with Crippen LogP contribution in [0.25, 0.3) is 0 Å². The minimum Gasteiger partial charge on any atom is -0.363 e. The van der Waals surface area contributed by atoms with Crippen LogP contribution in [0.1, 0.15) is 11.1 Å². The molecule has 3 rings (SSSR count). The zero-order valence-electron chi connectivity index (χ0n) is 16.0. The summed E-state index contributed by atoms with van der Waals surface area (Å²) in [5.41, 5.74) is 3.21. The Kier molecular flexibility index (Phi) is 6.59. The summed E-state index contributed by atoms with van der Waals surface area (Å²) in [5.74, 6) is 0.0394. The van der Waals surface area contributed by atoms with Crippen LogP contribution in [0.15, 0.2) is 18.2 Å². The number of aromatic nitrogens is 2. The smallest absolute Gasteiger partial charge is 0.238 e. The van der Waals surface area contributed by atoms with E-state index in [1.165, 1.54) is 16.9 Å². The number of anilines is 2. The highest BCUT2D eigenvalue weighted by molar-refractivity contribution is 7.73. The highest BCUT2D eigenvalue weighted by Crippen LogP contribution is 2.18. The fourth-order valence-electron chi connectivity index (χ4n) is 3.05. The maximum Gasteiger partial charge on any atom is 0.238 e. The Bertz CT molecular complexity index is 854. The lowest BCUT2D eigenvalue weighted by atomic mass is 10.1. The van der Waals surface area contributed by atoms with Gasteiger partial charge in [0, 0.05) is 38.9 Å². The van der Waals surface area contributed by atoms with E-state index in [-0.39, 0.29) is 5.91 Å². The number of hydrogen-bond donors (Lipinski definition) is 2. The van der Waals surface area contributed by atoms with Crippen molar-refractivity contribution in [3.63, 3.8) is 0 Å². The average Bonchev–Trinajstić information content (AvgIpc) is 3.00. The van der Waals surface area contributed by atoms with Gasteiger partial charge in [0.25, 0.3) is 0 Å². The molecule has 1 aromatic carbocycles. The van der Waals surface area contributed by atoms with Crippen molar-refractivity contribution in [2.24, 2.45) is 0 Å². The Labute approximate surface area is 169 Å². The first-order chi connectivity index (χ1) is 13.0. The topological polar surface area (TPSA) is 65.4 Å². The number of amides is 1. The van der Waals surface area contributed by atoms with Crippen LogP contribution in [-0.2, 0) is 11.5 Å². The van der Waals surface area contributed by atoms with Crippen LogP contribution in [-0.4, -0.2) is 65.3 Å². The van der Waals surface area contributed by atoms with Crippen LogP contribution in [0.3, 0.4) is 0 Å². The summed E-state index contributed by atoms with van der Waals surface area (Å²) in [6, 6.07) is 5.98. The zero-order valence-corrected chi connectivity index (χ0v) is 17.6. The number of benzene rings is 1. The van der Waals surface area contributed by atoms with E-state index in [1.807, 2.05) is 30.8 Å². The monoisotopic (exact) mass is 406 g/mol. The molecule has 0 aliphatic carbocycles. The van der Waals surface area contributed by atoms with Crippen LogP contribution in [0.5, 0.6) is 0 Å². The molecule has 1 aliphatic heterocycles. The van der Waals surface area contributed by atoms with Crippen molar-refractivity contribution in [1.82, 2.24) is 19.6 Å². The SMILES string of the molecule is CNc1nn(CN2CCN(CC(=O)Nc3cccc(C)c3C)CC2)c(=S)s1. The third-order valence-electron chi connectivity index (χ3n) is 4.86. The fourth-order valence-corrected chi connectivity index (χ4v) is 4.00. The molecule has 1 saturated heterocycles. The number of aryl methyl sites for hydroxylation is 1. The third-order valence-corrected chi connectivity index (χ3v) is 6.19. The van der Waals surface area contributed by atoms with Crippen molar-refractivity contribution in [3.05, 3.63) is 33.3 Å². The number of piperazine rings is 1. The Morgan fingerprint density at radius 1 is 1.22 bits per heavy atom. The molecule has 1 fully saturated rings. The van der Waals surface area contributed by atoms with Gasteiger partial charge < -0.3 is 10.6 Å². The molecule has 7 nitrogen and oxygen atoms in total. The van der Waals surface area contributed by atoms with E-state index in [0.29, 0.717) is 13.2 Å². The Morgan fingerprint density at radius 3 is 2.59 bits per heavy atom. The van der Waals surface area contributed by atoms with Gasteiger partial charge in [-0.05, 0) is 43.3 Å². The number of rotatable bonds is 6. The number of nitrogens with zero attached hydrogens (tertiary/aromatic N) is 4. The molecule has 27 heavy (non-hydrogen) atoms. The molecule has 0 saturated carbocycles. The van der Waals surface area contributed by atoms with Gasteiger partial charge in [0.1, 0.15) is 0 Å². The highest BCUT2D eigenvalue weighted by Gasteiger charge is 2.20. The van der Waals surface area contributed by atoms with Crippen molar-refractivity contribution in [1.29, 1.82) is 0 Å². The molecule has 2 aromatic rings. The van der Waals surface area contributed by atoms with Crippen molar-refractivity contribution in [2.45, 2.75) is 20.5 Å². The van der Waals surface area contributed by atoms with Crippen LogP contribution in [0, 0.1) is 17.8 Å². The van der Waals surface area contributed by atoms with Gasteiger partial charge >= 0.3 is 0 Å². The second-order valence-corrected chi connectivity index (χ2v) is 8.38. The fraction of sp³-hybridized carbons (Fsp3) is 0.500. The molecular formula is C18H26N6OS2. The summed E-state index contributed by atoms with van der Waals surface area (Å²) >= 11 is 6.84. The molecule has 2 N–H and O–H groups in total. The highest BCUT2D eigenvalue weighted by atomic mass is 32.1. The second-order valence-electron chi connectivity index (χ2n) is 6.75. The standard InChI is InChI=1S/C18H26N6OS2/c1-13-5-4-6-15(14(13)2)20-16(25)11-22-7-9-23(10-8-22)12-24-18(26)27-17(19-3)21-24/h4-6H,7-12H2,1-3H3,(H,19,21)(H,20,25). The molecule has 0 spiro atoms. The van der Waals surface area contributed by atoms with Crippen molar-refractivity contribution < 1.29 is 4.79 Å². The summed E-state index contributed by atoms with van der Waals surface area (Å²) in [6.45, 7) is 8.70. The molecular weight excluding hydrogens is 380 g/mol. The summed E-state index contributed by atoms with van der Waals surface area (Å²) in [5, 5.41) is 11.4. The molecule has 0 radical (unpaired) electrons. The zero-order chi connectivity index (χ0) is 19.4. The van der Waals surface area contributed by atoms with Gasteiger partial charge in [-0.15, -0.1) is 5.10 Å². The molecule has 146 valence electrons. The van der Waals surface area contributed by atoms with Gasteiger partial charge in [0.2, 0.25) is 11.0 Å². The number of carbonyl (C=O) groups is 1. The predicted octanol–water partition coefficient (Wildman–Crippen LogP) is 2.55. The van der Waals surface area contributed by atoms with Crippen LogP contribution in [0.4, 0.5) is 10.8 Å². The molecule has 1 amide bonds. The van der Waals surface area contributed by atoms with E-state index >= 15 is 0 Å². The molecule has 2 heterocycles. The van der Waals surface area contributed by atoms with Gasteiger partial charge in [-0.3, -0.25) is 14.6 Å². The van der Waals surface area contributed by atoms with Gasteiger partial charge in [0.05, 0.1) is 13.2 Å². The molecule has 0 bridgehead atoms. The first kappa shape index (κ1) is 19.9. The molecule has 9 heteroatoms. The maximum absolute atomic E-state index is 12.4. The summed E-state index contributed by atoms with van der Waals surface area (Å²) in [6.07, 6.45) is 0. The lowest BCUT2D eigenvalue weighted by Gasteiger charge is -2.34. The van der Waals surface area contributed by atoms with E-state index in [9.17, 15) is 4.79 Å². The number of hydrogen-bond acceptors (Lipinski definition) is 7. The number of carbonyl (C=O) groups excluding carboxylic acids is 1. The average molecular weight is 407 g/mol. The minimum atomic E-state index is 0.0394. The van der Waals surface area contributed by atoms with Gasteiger partial charge in [-0.1, -0.05) is 23.5 Å². The summed E-state index contributed by atoms with van der Waals surface area (Å²) in [7, 11) is 1.85. The van der Waals surface area contributed by atoms with Gasteiger partial charge in [-0.2, -0.15) is 0 Å². The third kappa shape index (κ3) is 5.13. The van der Waals surface area contributed by atoms with Gasteiger partial charge in [-0.25, -0.2) is 4.68 Å². The molecule has 1 aromatic heterocycles. The van der Waals surface area contributed by atoms with E-state index in [4.69, 9.17) is 12.2 Å². The van der Waals surface area contributed by atoms with Crippen molar-refractivity contribution >= 4 is 40.3 Å². The van der Waals surface area contributed by atoms with E-state index in [1.54, 1.807) is 0 Å². The summed E-state index contributed by atoms with van der Waals surface area (Å²) in [4.78, 5) is 16.9. The normalized spacial score (nSPS) is 15.7. The largest absolute Gasteiger partial charge is 0.363 e. The quantitative estimate of drug-likeness (QED) is 0.719. The van der Waals surface area contributed by atoms with E-state index in [0.717, 1.165) is 46.5 Å². The van der Waals surface area contributed by atoms with Crippen LogP contribution >= 0.6 is 23.6 Å².